The lowest BCUT2D eigenvalue weighted by atomic mass is 9.49. The molecule has 7 aliphatic rings. The molecule has 0 atom stereocenters. The third-order valence-electron chi connectivity index (χ3n) is 21.8. The summed E-state index contributed by atoms with van der Waals surface area (Å²) in [6, 6.07) is 81.7. The molecule has 474 valence electrons. The van der Waals surface area contributed by atoms with Gasteiger partial charge in [0.1, 0.15) is 0 Å². The predicted octanol–water partition coefficient (Wildman–Crippen LogP) is 19.3. The third kappa shape index (κ3) is 9.74. The predicted molar refractivity (Wildman–Crippen MR) is 389 cm³/mol. The highest BCUT2D eigenvalue weighted by Gasteiger charge is 2.64. The molecule has 3 saturated heterocycles. The summed E-state index contributed by atoms with van der Waals surface area (Å²) in [5.41, 5.74) is 18.5. The van der Waals surface area contributed by atoms with Crippen LogP contribution in [0.1, 0.15) is 139 Å². The van der Waals surface area contributed by atoms with Crippen molar-refractivity contribution in [3.05, 3.63) is 279 Å². The molecule has 2 aliphatic carbocycles. The second kappa shape index (κ2) is 23.1. The smallest absolute Gasteiger partial charge is 0.405 e. The Morgan fingerprint density at radius 2 is 0.604 bits per heavy atom. The summed E-state index contributed by atoms with van der Waals surface area (Å²) in [6.45, 7) is 24.6. The molecule has 0 unspecified atom stereocenters. The maximum Gasteiger partial charge on any atom is 0.496 e. The first kappa shape index (κ1) is 64.1. The van der Waals surface area contributed by atoms with E-state index in [4.69, 9.17) is 39.5 Å². The van der Waals surface area contributed by atoms with Crippen LogP contribution < -0.4 is 5.46 Å². The summed E-state index contributed by atoms with van der Waals surface area (Å²) in [5.74, 6) is 0. The van der Waals surface area contributed by atoms with E-state index in [2.05, 4.69) is 216 Å². The van der Waals surface area contributed by atoms with Crippen LogP contribution in [0.3, 0.4) is 0 Å². The standard InChI is InChI=1S/C38H30BNO2S.C32H18ClNS.C12H24B2O4/c1-36(2)37(3,4)42-39(41-36)33-21-11-20-32-35(33)43-34-26(25-13-9-12-24(22-25)23-40)16-10-19-31(34)38(32)29-17-7-5-14-27(29)28-15-6-8-18-30(28)38;33-29-17-7-16-28-31(29)35-30-22(21-9-5-8-20(18-21)19-34)12-6-15-27(30)32(28)25-13-3-1-10-23(25)24-11-2-4-14-26(24)32;1-9(2)10(3,4)16-13(15-9)14-17-11(5,6)12(7,8)18-14/h5-22H,1-4H3;1-18H;1-8H3. The number of hydrogen-bond donors (Lipinski definition) is 0. The molecular formula is C82H72B3ClN2O6S2. The van der Waals surface area contributed by atoms with E-state index in [-0.39, 0.29) is 22.4 Å². The van der Waals surface area contributed by atoms with Crippen molar-refractivity contribution in [1.82, 2.24) is 0 Å². The van der Waals surface area contributed by atoms with Crippen molar-refractivity contribution in [2.75, 3.05) is 0 Å². The van der Waals surface area contributed by atoms with Crippen LogP contribution in [0.25, 0.3) is 44.5 Å². The van der Waals surface area contributed by atoms with Crippen LogP contribution in [0.2, 0.25) is 5.02 Å². The van der Waals surface area contributed by atoms with Crippen molar-refractivity contribution in [1.29, 1.82) is 10.5 Å². The number of nitrogens with zero attached hydrogens (tertiary/aromatic N) is 2. The van der Waals surface area contributed by atoms with Gasteiger partial charge < -0.3 is 27.9 Å². The van der Waals surface area contributed by atoms with Crippen LogP contribution in [0.5, 0.6) is 0 Å². The SMILES string of the molecule is CC1(C)OB(B2OC(C)(C)C(C)(C)O2)OC1(C)C.CC1(C)OB(c2cccc3c2Sc2c(-c4cccc(C#N)c4)cccc2C32c3ccccc3-c3ccccc32)OC1(C)C.N#Cc1cccc(-c2cccc3c2Sc2c(Cl)cccc2C32c3ccccc3-c3ccccc32)c1. The van der Waals surface area contributed by atoms with E-state index in [0.29, 0.717) is 11.1 Å². The molecule has 17 rings (SSSR count). The summed E-state index contributed by atoms with van der Waals surface area (Å²) in [4.78, 5) is 4.65. The average molecular weight is 1310 g/mol. The zero-order chi connectivity index (χ0) is 67.1. The Bertz CT molecular complexity index is 4760. The molecule has 10 aromatic carbocycles. The van der Waals surface area contributed by atoms with Crippen LogP contribution in [-0.4, -0.2) is 54.7 Å². The molecule has 10 aromatic rings. The number of halogens is 1. The first-order chi connectivity index (χ1) is 45.9. The molecule has 0 N–H and O–H groups in total. The normalized spacial score (nSPS) is 19.1. The Morgan fingerprint density at radius 3 is 0.990 bits per heavy atom. The van der Waals surface area contributed by atoms with Gasteiger partial charge in [0.15, 0.2) is 0 Å². The number of fused-ring (bicyclic) bond motifs is 18. The van der Waals surface area contributed by atoms with Gasteiger partial charge in [0.05, 0.1) is 72.7 Å². The van der Waals surface area contributed by atoms with Gasteiger partial charge >= 0.3 is 21.1 Å². The number of rotatable bonds is 4. The maximum atomic E-state index is 9.72. The molecule has 0 saturated carbocycles. The molecule has 96 heavy (non-hydrogen) atoms. The van der Waals surface area contributed by atoms with E-state index >= 15 is 0 Å². The van der Waals surface area contributed by atoms with Crippen LogP contribution in [-0.2, 0) is 38.8 Å². The van der Waals surface area contributed by atoms with E-state index in [1.807, 2.05) is 97.9 Å². The van der Waals surface area contributed by atoms with Gasteiger partial charge in [0.25, 0.3) is 0 Å². The fourth-order valence-electron chi connectivity index (χ4n) is 15.0. The first-order valence-corrected chi connectivity index (χ1v) is 34.9. The average Bonchev–Trinajstić information content (AvgIpc) is 1.43. The Labute approximate surface area is 579 Å². The van der Waals surface area contributed by atoms with Gasteiger partial charge in [-0.3, -0.25) is 0 Å². The second-order valence-electron chi connectivity index (χ2n) is 28.8. The van der Waals surface area contributed by atoms with Gasteiger partial charge in [-0.05, 0) is 208 Å². The van der Waals surface area contributed by atoms with Crippen molar-refractivity contribution in [2.45, 2.75) is 147 Å². The highest BCUT2D eigenvalue weighted by atomic mass is 35.5. The summed E-state index contributed by atoms with van der Waals surface area (Å²) in [6.07, 6.45) is 0. The molecule has 2 spiro atoms. The molecule has 14 heteroatoms. The first-order valence-electron chi connectivity index (χ1n) is 32.9. The molecule has 0 aromatic heterocycles. The molecule has 8 nitrogen and oxygen atoms in total. The lowest BCUT2D eigenvalue weighted by molar-refractivity contribution is 0.00578. The molecule has 5 heterocycles. The summed E-state index contributed by atoms with van der Waals surface area (Å²) >= 11 is 10.4. The van der Waals surface area contributed by atoms with Crippen molar-refractivity contribution in [2.24, 2.45) is 0 Å². The zero-order valence-electron chi connectivity index (χ0n) is 56.1. The Hall–Kier alpha value is -7.88. The Kier molecular flexibility index (Phi) is 15.5. The van der Waals surface area contributed by atoms with Gasteiger partial charge in [-0.1, -0.05) is 223 Å². The van der Waals surface area contributed by atoms with E-state index in [9.17, 15) is 10.5 Å². The fraction of sp³-hybridized carbons (Fsp3) is 0.244. The van der Waals surface area contributed by atoms with Crippen molar-refractivity contribution in [3.8, 4) is 56.6 Å². The number of hydrogen-bond acceptors (Lipinski definition) is 10. The van der Waals surface area contributed by atoms with Gasteiger partial charge in [0.2, 0.25) is 0 Å². The van der Waals surface area contributed by atoms with E-state index in [1.54, 1.807) is 23.5 Å². The minimum Gasteiger partial charge on any atom is -0.405 e. The van der Waals surface area contributed by atoms with Crippen LogP contribution in [0, 0.1) is 22.7 Å². The lowest BCUT2D eigenvalue weighted by Crippen LogP contribution is -2.41. The monoisotopic (exact) mass is 1310 g/mol. The zero-order valence-corrected chi connectivity index (χ0v) is 58.4. The molecule has 0 amide bonds. The molecule has 5 aliphatic heterocycles. The quantitative estimate of drug-likeness (QED) is 0.158. The maximum absolute atomic E-state index is 9.72. The minimum absolute atomic E-state index is 0.360. The third-order valence-corrected chi connectivity index (χ3v) is 24.9. The molecular weight excluding hydrogens is 1240 g/mol. The van der Waals surface area contributed by atoms with Crippen molar-refractivity contribution < 1.29 is 27.9 Å². The van der Waals surface area contributed by atoms with E-state index in [1.165, 1.54) is 81.4 Å². The van der Waals surface area contributed by atoms with Gasteiger partial charge in [0, 0.05) is 19.6 Å². The van der Waals surface area contributed by atoms with Crippen LogP contribution >= 0.6 is 35.1 Å². The molecule has 0 radical (unpaired) electrons. The number of nitriles is 2. The van der Waals surface area contributed by atoms with Gasteiger partial charge in [-0.2, -0.15) is 10.5 Å². The van der Waals surface area contributed by atoms with E-state index in [0.717, 1.165) is 37.6 Å². The highest BCUT2D eigenvalue weighted by Crippen LogP contribution is 2.66. The van der Waals surface area contributed by atoms with Gasteiger partial charge in [-0.15, -0.1) is 0 Å². The fourth-order valence-corrected chi connectivity index (χ4v) is 18.1. The van der Waals surface area contributed by atoms with Crippen molar-refractivity contribution >= 4 is 61.7 Å². The Morgan fingerprint density at radius 1 is 0.312 bits per heavy atom. The summed E-state index contributed by atoms with van der Waals surface area (Å²) in [7, 11) is -1.45. The summed E-state index contributed by atoms with van der Waals surface area (Å²) in [5, 5.41) is 20.0. The lowest BCUT2D eigenvalue weighted by Gasteiger charge is -2.41. The molecule has 0 bridgehead atoms. The highest BCUT2D eigenvalue weighted by molar-refractivity contribution is 8.00. The number of benzene rings is 10. The Balaban J connectivity index is 0.000000128. The van der Waals surface area contributed by atoms with Crippen LogP contribution in [0.15, 0.2) is 238 Å². The van der Waals surface area contributed by atoms with Gasteiger partial charge in [-0.25, -0.2) is 0 Å². The van der Waals surface area contributed by atoms with Crippen molar-refractivity contribution in [3.63, 3.8) is 0 Å². The second-order valence-corrected chi connectivity index (χ2v) is 31.3. The summed E-state index contributed by atoms with van der Waals surface area (Å²) < 4.78 is 37.2. The largest absolute Gasteiger partial charge is 0.496 e. The molecule has 3 fully saturated rings. The topological polar surface area (TPSA) is 103 Å². The van der Waals surface area contributed by atoms with E-state index < -0.39 is 43.2 Å². The van der Waals surface area contributed by atoms with Crippen LogP contribution in [0.4, 0.5) is 0 Å². The minimum atomic E-state index is -0.522.